The lowest BCUT2D eigenvalue weighted by Gasteiger charge is -2.10. The van der Waals surface area contributed by atoms with Crippen LogP contribution in [0.3, 0.4) is 0 Å². The van der Waals surface area contributed by atoms with E-state index in [1.165, 1.54) is 0 Å². The number of anilines is 1. The number of amides is 1. The SMILES string of the molecule is COc1ccc(NC(N)=NCC(=O)NCc2ccco2)cc1OC.I. The smallest absolute Gasteiger partial charge is 0.242 e. The molecule has 2 aromatic rings. The van der Waals surface area contributed by atoms with Crippen molar-refractivity contribution in [3.05, 3.63) is 42.4 Å². The van der Waals surface area contributed by atoms with Crippen molar-refractivity contribution in [2.24, 2.45) is 10.7 Å². The molecule has 0 atom stereocenters. The van der Waals surface area contributed by atoms with Gasteiger partial charge in [-0.25, -0.2) is 4.99 Å². The lowest BCUT2D eigenvalue weighted by Crippen LogP contribution is -2.28. The maximum Gasteiger partial charge on any atom is 0.242 e. The molecule has 0 spiro atoms. The first-order valence-corrected chi connectivity index (χ1v) is 7.20. The van der Waals surface area contributed by atoms with Crippen LogP contribution in [0.2, 0.25) is 0 Å². The van der Waals surface area contributed by atoms with Crippen molar-refractivity contribution >= 4 is 41.5 Å². The zero-order valence-electron chi connectivity index (χ0n) is 13.9. The normalized spacial score (nSPS) is 10.6. The molecular formula is C16H21IN4O4. The molecule has 1 amide bonds. The number of hydrogen-bond donors (Lipinski definition) is 3. The second-order valence-corrected chi connectivity index (χ2v) is 4.75. The van der Waals surface area contributed by atoms with Crippen LogP contribution in [-0.2, 0) is 11.3 Å². The molecule has 1 aromatic carbocycles. The second kappa shape index (κ2) is 10.4. The summed E-state index contributed by atoms with van der Waals surface area (Å²) in [4.78, 5) is 15.7. The molecule has 2 rings (SSSR count). The Morgan fingerprint density at radius 1 is 1.24 bits per heavy atom. The fourth-order valence-corrected chi connectivity index (χ4v) is 1.91. The third-order valence-electron chi connectivity index (χ3n) is 3.09. The summed E-state index contributed by atoms with van der Waals surface area (Å²) < 4.78 is 15.5. The summed E-state index contributed by atoms with van der Waals surface area (Å²) in [7, 11) is 3.10. The highest BCUT2D eigenvalue weighted by Gasteiger charge is 2.06. The van der Waals surface area contributed by atoms with Gasteiger partial charge in [0.2, 0.25) is 5.91 Å². The Bertz CT molecular complexity index is 704. The van der Waals surface area contributed by atoms with E-state index in [-0.39, 0.29) is 42.4 Å². The van der Waals surface area contributed by atoms with Crippen LogP contribution in [0.1, 0.15) is 5.76 Å². The first-order valence-electron chi connectivity index (χ1n) is 7.20. The molecule has 136 valence electrons. The van der Waals surface area contributed by atoms with Gasteiger partial charge in [0, 0.05) is 11.8 Å². The van der Waals surface area contributed by atoms with E-state index in [9.17, 15) is 4.79 Å². The third-order valence-corrected chi connectivity index (χ3v) is 3.09. The number of ether oxygens (including phenoxy) is 2. The predicted molar refractivity (Wildman–Crippen MR) is 106 cm³/mol. The van der Waals surface area contributed by atoms with E-state index < -0.39 is 0 Å². The van der Waals surface area contributed by atoms with Gasteiger partial charge in [0.1, 0.15) is 12.3 Å². The highest BCUT2D eigenvalue weighted by molar-refractivity contribution is 14.0. The summed E-state index contributed by atoms with van der Waals surface area (Å²) in [6.07, 6.45) is 1.55. The first-order chi connectivity index (χ1) is 11.6. The van der Waals surface area contributed by atoms with E-state index in [1.54, 1.807) is 50.8 Å². The van der Waals surface area contributed by atoms with Gasteiger partial charge in [0.15, 0.2) is 17.5 Å². The zero-order chi connectivity index (χ0) is 17.4. The van der Waals surface area contributed by atoms with Gasteiger partial charge in [-0.2, -0.15) is 0 Å². The molecule has 8 nitrogen and oxygen atoms in total. The predicted octanol–water partition coefficient (Wildman–Crippen LogP) is 1.96. The fraction of sp³-hybridized carbons (Fsp3) is 0.250. The van der Waals surface area contributed by atoms with Crippen LogP contribution in [0, 0.1) is 0 Å². The Hall–Kier alpha value is -2.43. The molecule has 0 aliphatic heterocycles. The Labute approximate surface area is 162 Å². The van der Waals surface area contributed by atoms with Gasteiger partial charge >= 0.3 is 0 Å². The summed E-state index contributed by atoms with van der Waals surface area (Å²) >= 11 is 0. The Kier molecular flexibility index (Phi) is 8.61. The van der Waals surface area contributed by atoms with Crippen molar-refractivity contribution in [3.8, 4) is 11.5 Å². The van der Waals surface area contributed by atoms with E-state index in [2.05, 4.69) is 15.6 Å². The van der Waals surface area contributed by atoms with E-state index >= 15 is 0 Å². The number of guanidine groups is 1. The van der Waals surface area contributed by atoms with Crippen molar-refractivity contribution in [3.63, 3.8) is 0 Å². The molecule has 0 bridgehead atoms. The van der Waals surface area contributed by atoms with Crippen LogP contribution >= 0.6 is 24.0 Å². The van der Waals surface area contributed by atoms with E-state index in [0.29, 0.717) is 29.5 Å². The Balaban J connectivity index is 0.00000312. The van der Waals surface area contributed by atoms with Crippen LogP contribution in [0.5, 0.6) is 11.5 Å². The van der Waals surface area contributed by atoms with Crippen LogP contribution in [0.15, 0.2) is 46.0 Å². The number of aliphatic imine (C=N–C) groups is 1. The van der Waals surface area contributed by atoms with Crippen molar-refractivity contribution in [2.45, 2.75) is 6.54 Å². The van der Waals surface area contributed by atoms with Gasteiger partial charge in [-0.15, -0.1) is 24.0 Å². The molecule has 0 fully saturated rings. The average Bonchev–Trinajstić information content (AvgIpc) is 3.11. The highest BCUT2D eigenvalue weighted by Crippen LogP contribution is 2.29. The van der Waals surface area contributed by atoms with Crippen LogP contribution in [0.25, 0.3) is 0 Å². The number of carbonyl (C=O) groups excluding carboxylic acids is 1. The number of carbonyl (C=O) groups is 1. The summed E-state index contributed by atoms with van der Waals surface area (Å²) in [5.74, 6) is 1.70. The molecule has 4 N–H and O–H groups in total. The van der Waals surface area contributed by atoms with Crippen LogP contribution < -0.4 is 25.8 Å². The van der Waals surface area contributed by atoms with Gasteiger partial charge < -0.3 is 30.3 Å². The number of nitrogens with two attached hydrogens (primary N) is 1. The monoisotopic (exact) mass is 460 g/mol. The van der Waals surface area contributed by atoms with Crippen molar-refractivity contribution in [1.82, 2.24) is 5.32 Å². The number of nitrogens with zero attached hydrogens (tertiary/aromatic N) is 1. The largest absolute Gasteiger partial charge is 0.493 e. The van der Waals surface area contributed by atoms with E-state index in [1.807, 2.05) is 0 Å². The van der Waals surface area contributed by atoms with Crippen molar-refractivity contribution in [1.29, 1.82) is 0 Å². The standard InChI is InChI=1S/C16H20N4O4.HI/c1-22-13-6-5-11(8-14(13)23-2)20-16(17)19-10-15(21)18-9-12-4-3-7-24-12;/h3-8H,9-10H2,1-2H3,(H,18,21)(H3,17,19,20);1H. The Morgan fingerprint density at radius 3 is 2.64 bits per heavy atom. The van der Waals surface area contributed by atoms with Crippen LogP contribution in [0.4, 0.5) is 5.69 Å². The number of benzene rings is 1. The van der Waals surface area contributed by atoms with Gasteiger partial charge in [0.25, 0.3) is 0 Å². The molecule has 0 radical (unpaired) electrons. The quantitative estimate of drug-likeness (QED) is 0.331. The molecule has 1 aromatic heterocycles. The summed E-state index contributed by atoms with van der Waals surface area (Å²) in [5, 5.41) is 5.56. The van der Waals surface area contributed by atoms with Gasteiger partial charge in [0.05, 0.1) is 27.0 Å². The number of furan rings is 1. The topological polar surface area (TPSA) is 111 Å². The molecule has 0 saturated carbocycles. The maximum atomic E-state index is 11.7. The highest BCUT2D eigenvalue weighted by atomic mass is 127. The second-order valence-electron chi connectivity index (χ2n) is 4.75. The third kappa shape index (κ3) is 6.53. The maximum absolute atomic E-state index is 11.7. The molecule has 25 heavy (non-hydrogen) atoms. The number of nitrogens with one attached hydrogen (secondary N) is 2. The summed E-state index contributed by atoms with van der Waals surface area (Å²) in [6.45, 7) is 0.219. The zero-order valence-corrected chi connectivity index (χ0v) is 16.3. The lowest BCUT2D eigenvalue weighted by atomic mass is 10.3. The van der Waals surface area contributed by atoms with Crippen molar-refractivity contribution in [2.75, 3.05) is 26.1 Å². The van der Waals surface area contributed by atoms with Crippen molar-refractivity contribution < 1.29 is 18.7 Å². The first kappa shape index (κ1) is 20.6. The van der Waals surface area contributed by atoms with Gasteiger partial charge in [-0.1, -0.05) is 0 Å². The Morgan fingerprint density at radius 2 is 2.00 bits per heavy atom. The number of halogens is 1. The van der Waals surface area contributed by atoms with E-state index in [4.69, 9.17) is 19.6 Å². The molecule has 0 unspecified atom stereocenters. The minimum absolute atomic E-state index is 0. The lowest BCUT2D eigenvalue weighted by molar-refractivity contribution is -0.119. The molecule has 1 heterocycles. The number of hydrogen-bond acceptors (Lipinski definition) is 5. The molecule has 0 aliphatic rings. The van der Waals surface area contributed by atoms with Gasteiger partial charge in [-0.05, 0) is 24.3 Å². The summed E-state index contributed by atoms with van der Waals surface area (Å²) in [6, 6.07) is 8.75. The van der Waals surface area contributed by atoms with Gasteiger partial charge in [-0.3, -0.25) is 4.79 Å². The number of methoxy groups -OCH3 is 2. The average molecular weight is 460 g/mol. The minimum atomic E-state index is -0.261. The molecule has 9 heteroatoms. The molecule has 0 saturated heterocycles. The minimum Gasteiger partial charge on any atom is -0.493 e. The molecule has 0 aliphatic carbocycles. The van der Waals surface area contributed by atoms with Crippen LogP contribution in [-0.4, -0.2) is 32.6 Å². The van der Waals surface area contributed by atoms with E-state index in [0.717, 1.165) is 0 Å². The summed E-state index contributed by atoms with van der Waals surface area (Å²) in [5.41, 5.74) is 6.45. The number of rotatable bonds is 7. The fourth-order valence-electron chi connectivity index (χ4n) is 1.91. The molecular weight excluding hydrogens is 439 g/mol.